The van der Waals surface area contributed by atoms with E-state index in [1.54, 1.807) is 18.3 Å². The van der Waals surface area contributed by atoms with Gasteiger partial charge >= 0.3 is 0 Å². The van der Waals surface area contributed by atoms with Gasteiger partial charge < -0.3 is 4.90 Å². The van der Waals surface area contributed by atoms with Crippen molar-refractivity contribution in [3.05, 3.63) is 41.7 Å². The van der Waals surface area contributed by atoms with Crippen LogP contribution >= 0.6 is 0 Å². The second kappa shape index (κ2) is 4.26. The standard InChI is InChI=1S/C12H14N2O/c1-2-4-12(15)14-8-6-10-5-3-7-13-11(10)9-14/h2-5,7H,6,8-9H2,1H3/b4-2+. The van der Waals surface area contributed by atoms with Crippen molar-refractivity contribution in [2.45, 2.75) is 19.9 Å². The molecule has 0 saturated heterocycles. The fraction of sp³-hybridized carbons (Fsp3) is 0.333. The summed E-state index contributed by atoms with van der Waals surface area (Å²) in [6.45, 7) is 3.29. The molecule has 1 aromatic heterocycles. The molecule has 2 heterocycles. The van der Waals surface area contributed by atoms with Crippen molar-refractivity contribution in [1.29, 1.82) is 0 Å². The zero-order valence-corrected chi connectivity index (χ0v) is 8.81. The van der Waals surface area contributed by atoms with E-state index in [0.717, 1.165) is 18.7 Å². The predicted octanol–water partition coefficient (Wildman–Crippen LogP) is 1.54. The summed E-state index contributed by atoms with van der Waals surface area (Å²) in [6.07, 6.45) is 6.07. The topological polar surface area (TPSA) is 33.2 Å². The summed E-state index contributed by atoms with van der Waals surface area (Å²) in [5.74, 6) is 0.0776. The Hall–Kier alpha value is -1.64. The lowest BCUT2D eigenvalue weighted by atomic mass is 10.1. The molecule has 1 aromatic rings. The van der Waals surface area contributed by atoms with E-state index in [9.17, 15) is 4.79 Å². The van der Waals surface area contributed by atoms with Crippen LogP contribution in [0.2, 0.25) is 0 Å². The summed E-state index contributed by atoms with van der Waals surface area (Å²) in [6, 6.07) is 4.03. The molecule has 0 aliphatic carbocycles. The van der Waals surface area contributed by atoms with Gasteiger partial charge in [0, 0.05) is 12.7 Å². The van der Waals surface area contributed by atoms with E-state index in [0.29, 0.717) is 6.54 Å². The molecule has 3 heteroatoms. The van der Waals surface area contributed by atoms with Crippen LogP contribution in [0.25, 0.3) is 0 Å². The third-order valence-electron chi connectivity index (χ3n) is 2.60. The Balaban J connectivity index is 2.15. The van der Waals surface area contributed by atoms with Gasteiger partial charge in [-0.1, -0.05) is 12.1 Å². The number of allylic oxidation sites excluding steroid dienone is 1. The molecule has 78 valence electrons. The highest BCUT2D eigenvalue weighted by Crippen LogP contribution is 2.16. The average Bonchev–Trinajstić information content (AvgIpc) is 2.29. The van der Waals surface area contributed by atoms with Crippen LogP contribution in [0.15, 0.2) is 30.5 Å². The number of rotatable bonds is 1. The molecule has 0 bridgehead atoms. The normalized spacial score (nSPS) is 15.4. The van der Waals surface area contributed by atoms with Gasteiger partial charge in [0.05, 0.1) is 12.2 Å². The largest absolute Gasteiger partial charge is 0.333 e. The molecule has 0 atom stereocenters. The summed E-state index contributed by atoms with van der Waals surface area (Å²) in [4.78, 5) is 17.7. The van der Waals surface area contributed by atoms with Crippen LogP contribution in [-0.4, -0.2) is 22.3 Å². The maximum atomic E-state index is 11.6. The molecular formula is C12H14N2O. The van der Waals surface area contributed by atoms with Gasteiger partial charge in [-0.25, -0.2) is 0 Å². The van der Waals surface area contributed by atoms with Crippen molar-refractivity contribution in [3.63, 3.8) is 0 Å². The number of fused-ring (bicyclic) bond motifs is 1. The lowest BCUT2D eigenvalue weighted by Crippen LogP contribution is -2.35. The fourth-order valence-electron chi connectivity index (χ4n) is 1.79. The van der Waals surface area contributed by atoms with Gasteiger partial charge in [0.15, 0.2) is 0 Å². The van der Waals surface area contributed by atoms with Crippen molar-refractivity contribution in [2.75, 3.05) is 6.54 Å². The number of amides is 1. The number of aromatic nitrogens is 1. The minimum atomic E-state index is 0.0776. The molecular weight excluding hydrogens is 188 g/mol. The number of carbonyl (C=O) groups excluding carboxylic acids is 1. The second-order valence-corrected chi connectivity index (χ2v) is 3.62. The van der Waals surface area contributed by atoms with Crippen molar-refractivity contribution < 1.29 is 4.79 Å². The number of nitrogens with zero attached hydrogens (tertiary/aromatic N) is 2. The quantitative estimate of drug-likeness (QED) is 0.647. The molecule has 0 radical (unpaired) electrons. The van der Waals surface area contributed by atoms with Gasteiger partial charge in [-0.15, -0.1) is 0 Å². The van der Waals surface area contributed by atoms with E-state index in [1.165, 1.54) is 5.56 Å². The number of pyridine rings is 1. The van der Waals surface area contributed by atoms with E-state index < -0.39 is 0 Å². The molecule has 0 aromatic carbocycles. The van der Waals surface area contributed by atoms with E-state index in [1.807, 2.05) is 17.9 Å². The first kappa shape index (κ1) is 9.90. The van der Waals surface area contributed by atoms with Crippen molar-refractivity contribution >= 4 is 5.91 Å². The fourth-order valence-corrected chi connectivity index (χ4v) is 1.79. The Labute approximate surface area is 89.4 Å². The molecule has 0 saturated carbocycles. The SMILES string of the molecule is C/C=C/C(=O)N1CCc2cccnc2C1. The Morgan fingerprint density at radius 2 is 2.47 bits per heavy atom. The molecule has 0 unspecified atom stereocenters. The lowest BCUT2D eigenvalue weighted by Gasteiger charge is -2.26. The van der Waals surface area contributed by atoms with Crippen LogP contribution in [-0.2, 0) is 17.8 Å². The van der Waals surface area contributed by atoms with Crippen molar-refractivity contribution in [1.82, 2.24) is 9.88 Å². The monoisotopic (exact) mass is 202 g/mol. The van der Waals surface area contributed by atoms with Crippen LogP contribution in [0.4, 0.5) is 0 Å². The predicted molar refractivity (Wildman–Crippen MR) is 58.2 cm³/mol. The molecule has 1 aliphatic rings. The Kier molecular flexibility index (Phi) is 2.81. The van der Waals surface area contributed by atoms with E-state index in [2.05, 4.69) is 11.1 Å². The summed E-state index contributed by atoms with van der Waals surface area (Å²) >= 11 is 0. The minimum Gasteiger partial charge on any atom is -0.333 e. The van der Waals surface area contributed by atoms with Gasteiger partial charge in [-0.2, -0.15) is 0 Å². The van der Waals surface area contributed by atoms with E-state index >= 15 is 0 Å². The number of carbonyl (C=O) groups is 1. The van der Waals surface area contributed by atoms with Gasteiger partial charge in [-0.3, -0.25) is 9.78 Å². The Morgan fingerprint density at radius 3 is 3.27 bits per heavy atom. The van der Waals surface area contributed by atoms with Gasteiger partial charge in [0.2, 0.25) is 5.91 Å². The van der Waals surface area contributed by atoms with Crippen LogP contribution in [0.3, 0.4) is 0 Å². The number of hydrogen-bond acceptors (Lipinski definition) is 2. The molecule has 15 heavy (non-hydrogen) atoms. The molecule has 3 nitrogen and oxygen atoms in total. The maximum absolute atomic E-state index is 11.6. The molecule has 1 amide bonds. The molecule has 1 aliphatic heterocycles. The van der Waals surface area contributed by atoms with Crippen molar-refractivity contribution in [2.24, 2.45) is 0 Å². The molecule has 0 fully saturated rings. The first-order valence-corrected chi connectivity index (χ1v) is 5.15. The molecule has 0 N–H and O–H groups in total. The maximum Gasteiger partial charge on any atom is 0.246 e. The van der Waals surface area contributed by atoms with Crippen LogP contribution in [0, 0.1) is 0 Å². The first-order chi connectivity index (χ1) is 7.31. The number of hydrogen-bond donors (Lipinski definition) is 0. The first-order valence-electron chi connectivity index (χ1n) is 5.15. The summed E-state index contributed by atoms with van der Waals surface area (Å²) < 4.78 is 0. The lowest BCUT2D eigenvalue weighted by molar-refractivity contribution is -0.126. The minimum absolute atomic E-state index is 0.0776. The summed E-state index contributed by atoms with van der Waals surface area (Å²) in [5, 5.41) is 0. The summed E-state index contributed by atoms with van der Waals surface area (Å²) in [5.41, 5.74) is 2.30. The summed E-state index contributed by atoms with van der Waals surface area (Å²) in [7, 11) is 0. The van der Waals surface area contributed by atoms with E-state index in [4.69, 9.17) is 0 Å². The highest BCUT2D eigenvalue weighted by molar-refractivity contribution is 5.87. The second-order valence-electron chi connectivity index (χ2n) is 3.62. The third kappa shape index (κ3) is 2.06. The third-order valence-corrected chi connectivity index (χ3v) is 2.60. The van der Waals surface area contributed by atoms with Gasteiger partial charge in [0.25, 0.3) is 0 Å². The van der Waals surface area contributed by atoms with Gasteiger partial charge in [-0.05, 0) is 31.1 Å². The Morgan fingerprint density at radius 1 is 1.60 bits per heavy atom. The molecule has 0 spiro atoms. The molecule has 2 rings (SSSR count). The van der Waals surface area contributed by atoms with Crippen LogP contribution in [0.5, 0.6) is 0 Å². The van der Waals surface area contributed by atoms with Crippen LogP contribution in [0.1, 0.15) is 18.2 Å². The average molecular weight is 202 g/mol. The van der Waals surface area contributed by atoms with Gasteiger partial charge in [0.1, 0.15) is 0 Å². The van der Waals surface area contributed by atoms with E-state index in [-0.39, 0.29) is 5.91 Å². The Bertz CT molecular complexity index is 398. The smallest absolute Gasteiger partial charge is 0.246 e. The van der Waals surface area contributed by atoms with Crippen LogP contribution < -0.4 is 0 Å². The highest BCUT2D eigenvalue weighted by atomic mass is 16.2. The highest BCUT2D eigenvalue weighted by Gasteiger charge is 2.19. The van der Waals surface area contributed by atoms with Crippen molar-refractivity contribution in [3.8, 4) is 0 Å². The zero-order valence-electron chi connectivity index (χ0n) is 8.81. The zero-order chi connectivity index (χ0) is 10.7.